The lowest BCUT2D eigenvalue weighted by molar-refractivity contribution is -0.216. The van der Waals surface area contributed by atoms with Crippen LogP contribution in [0.5, 0.6) is 0 Å². The monoisotopic (exact) mass is 965 g/mol. The van der Waals surface area contributed by atoms with Crippen molar-refractivity contribution in [3.8, 4) is 0 Å². The van der Waals surface area contributed by atoms with Crippen LogP contribution >= 0.6 is 15.6 Å². The van der Waals surface area contributed by atoms with Gasteiger partial charge in [-0.15, -0.1) is 0 Å². The molecule has 5 unspecified atom stereocenters. The summed E-state index contributed by atoms with van der Waals surface area (Å²) in [6, 6.07) is 0. The van der Waals surface area contributed by atoms with E-state index in [0.717, 1.165) is 89.9 Å². The van der Waals surface area contributed by atoms with Gasteiger partial charge in [-0.1, -0.05) is 132 Å². The molecule has 0 aromatic carbocycles. The van der Waals surface area contributed by atoms with Gasteiger partial charge in [0.05, 0.1) is 6.61 Å². The van der Waals surface area contributed by atoms with E-state index in [1.807, 2.05) is 0 Å². The Balaban J connectivity index is 2.62. The fourth-order valence-corrected chi connectivity index (χ4v) is 8.37. The molecule has 7 N–H and O–H groups in total. The van der Waals surface area contributed by atoms with Crippen LogP contribution in [0.15, 0.2) is 60.8 Å². The number of rotatable bonds is 39. The number of aliphatic hydroxyl groups is 4. The van der Waals surface area contributed by atoms with Crippen LogP contribution < -0.4 is 0 Å². The molecule has 1 aliphatic rings. The van der Waals surface area contributed by atoms with Crippen LogP contribution in [0, 0.1) is 0 Å². The number of carbonyl (C=O) groups excluding carboxylic acids is 2. The predicted octanol–water partition coefficient (Wildman–Crippen LogP) is 9.06. The fraction of sp³-hybridized carbons (Fsp3) is 0.745. The minimum Gasteiger partial charge on any atom is -0.462 e. The van der Waals surface area contributed by atoms with Crippen LogP contribution in [0.2, 0.25) is 0 Å². The number of phosphoric ester groups is 2. The van der Waals surface area contributed by atoms with Gasteiger partial charge in [0.1, 0.15) is 43.2 Å². The maximum absolute atomic E-state index is 13.0. The number of unbranched alkanes of at least 4 members (excludes halogenated alkanes) is 15. The summed E-state index contributed by atoms with van der Waals surface area (Å²) in [7, 11) is -10.7. The summed E-state index contributed by atoms with van der Waals surface area (Å²) < 4.78 is 49.3. The first kappa shape index (κ1) is 60.7. The number of ether oxygens (including phenoxy) is 2. The second-order valence-electron chi connectivity index (χ2n) is 16.5. The minimum atomic E-state index is -5.37. The van der Waals surface area contributed by atoms with Gasteiger partial charge in [0.25, 0.3) is 0 Å². The molecule has 0 spiro atoms. The molecule has 1 fully saturated rings. The quantitative estimate of drug-likeness (QED) is 0.0131. The predicted molar refractivity (Wildman–Crippen MR) is 250 cm³/mol. The molecule has 18 heteroatoms. The van der Waals surface area contributed by atoms with Gasteiger partial charge in [-0.3, -0.25) is 23.2 Å². The topological polar surface area (TPSA) is 256 Å². The molecule has 1 rings (SSSR count). The largest absolute Gasteiger partial charge is 0.472 e. The van der Waals surface area contributed by atoms with Crippen molar-refractivity contribution in [2.24, 2.45) is 0 Å². The second-order valence-corrected chi connectivity index (χ2v) is 19.1. The van der Waals surface area contributed by atoms with Gasteiger partial charge in [0.15, 0.2) is 6.10 Å². The number of aliphatic hydroxyl groups excluding tert-OH is 4. The van der Waals surface area contributed by atoms with Crippen LogP contribution in [0.25, 0.3) is 0 Å². The van der Waals surface area contributed by atoms with Crippen molar-refractivity contribution in [1.82, 2.24) is 0 Å². The molecule has 0 bridgehead atoms. The first-order chi connectivity index (χ1) is 31.1. The summed E-state index contributed by atoms with van der Waals surface area (Å²) in [5.41, 5.74) is 0. The molecule has 0 aliphatic heterocycles. The van der Waals surface area contributed by atoms with E-state index in [1.165, 1.54) is 38.5 Å². The van der Waals surface area contributed by atoms with Gasteiger partial charge in [-0.25, -0.2) is 9.13 Å². The third-order valence-electron chi connectivity index (χ3n) is 10.6. The molecule has 376 valence electrons. The highest BCUT2D eigenvalue weighted by atomic mass is 31.2. The van der Waals surface area contributed by atoms with Crippen molar-refractivity contribution >= 4 is 27.6 Å². The van der Waals surface area contributed by atoms with Crippen molar-refractivity contribution < 1.29 is 76.9 Å². The van der Waals surface area contributed by atoms with Gasteiger partial charge in [-0.2, -0.15) is 0 Å². The average Bonchev–Trinajstić information content (AvgIpc) is 3.26. The van der Waals surface area contributed by atoms with E-state index >= 15 is 0 Å². The van der Waals surface area contributed by atoms with E-state index in [1.54, 1.807) is 0 Å². The Morgan fingerprint density at radius 1 is 0.492 bits per heavy atom. The Bertz CT molecular complexity index is 1490. The fourth-order valence-electron chi connectivity index (χ4n) is 6.83. The minimum absolute atomic E-state index is 0.0204. The lowest BCUT2D eigenvalue weighted by atomic mass is 9.85. The number of esters is 2. The van der Waals surface area contributed by atoms with Crippen molar-refractivity contribution in [3.63, 3.8) is 0 Å². The molecule has 0 aromatic heterocycles. The van der Waals surface area contributed by atoms with Gasteiger partial charge >= 0.3 is 27.6 Å². The number of phosphoric acid groups is 2. The molecule has 1 saturated carbocycles. The number of allylic oxidation sites excluding steroid dienone is 10. The third-order valence-corrected chi connectivity index (χ3v) is 12.1. The molecule has 16 nitrogen and oxygen atoms in total. The number of hydrogen-bond donors (Lipinski definition) is 7. The van der Waals surface area contributed by atoms with E-state index in [9.17, 15) is 53.8 Å². The van der Waals surface area contributed by atoms with Crippen molar-refractivity contribution in [2.75, 3.05) is 13.2 Å². The third kappa shape index (κ3) is 32.2. The van der Waals surface area contributed by atoms with E-state index < -0.39 is 83.5 Å². The SMILES string of the molecule is CCCCC/C=C\C/C=C\C/C=C\CCCCCCC(=O)OC[C@H](COP(=O)(O)O[C@H]1C(O)C(O)C(O)[C@@H](OP(=O)(O)O)C1O)OC(=O)CCCCCCC/C=C\C/C=C\CCCCC. The first-order valence-corrected chi connectivity index (χ1v) is 26.9. The van der Waals surface area contributed by atoms with Gasteiger partial charge in [0, 0.05) is 12.8 Å². The van der Waals surface area contributed by atoms with Gasteiger partial charge in [0.2, 0.25) is 0 Å². The molecule has 0 saturated heterocycles. The molecule has 0 amide bonds. The van der Waals surface area contributed by atoms with E-state index in [2.05, 4.69) is 79.1 Å². The number of carbonyl (C=O) groups is 2. The second kappa shape index (κ2) is 37.7. The van der Waals surface area contributed by atoms with Gasteiger partial charge in [-0.05, 0) is 83.5 Å². The summed E-state index contributed by atoms with van der Waals surface area (Å²) in [4.78, 5) is 54.3. The van der Waals surface area contributed by atoms with Crippen molar-refractivity contribution in [3.05, 3.63) is 60.8 Å². The molecule has 0 heterocycles. The van der Waals surface area contributed by atoms with E-state index in [0.29, 0.717) is 12.8 Å². The van der Waals surface area contributed by atoms with E-state index in [-0.39, 0.29) is 12.8 Å². The highest BCUT2D eigenvalue weighted by Crippen LogP contribution is 2.49. The summed E-state index contributed by atoms with van der Waals surface area (Å²) in [5.74, 6) is -1.25. The van der Waals surface area contributed by atoms with Crippen LogP contribution in [-0.4, -0.2) is 103 Å². The van der Waals surface area contributed by atoms with Crippen molar-refractivity contribution in [1.29, 1.82) is 0 Å². The molecule has 8 atom stereocenters. The summed E-state index contributed by atoms with van der Waals surface area (Å²) in [6.07, 6.45) is 28.9. The molecule has 0 aromatic rings. The smallest absolute Gasteiger partial charge is 0.462 e. The van der Waals surface area contributed by atoms with Gasteiger partial charge < -0.3 is 44.6 Å². The molecule has 1 aliphatic carbocycles. The highest BCUT2D eigenvalue weighted by Gasteiger charge is 2.54. The molecular formula is C47H82O16P2. The highest BCUT2D eigenvalue weighted by molar-refractivity contribution is 7.47. The number of hydrogen-bond acceptors (Lipinski definition) is 13. The van der Waals surface area contributed by atoms with Crippen LogP contribution in [0.1, 0.15) is 168 Å². The maximum atomic E-state index is 13.0. The summed E-state index contributed by atoms with van der Waals surface area (Å²) in [6.45, 7) is 3.02. The summed E-state index contributed by atoms with van der Waals surface area (Å²) >= 11 is 0. The Morgan fingerprint density at radius 2 is 0.892 bits per heavy atom. The normalized spacial score (nSPS) is 22.2. The maximum Gasteiger partial charge on any atom is 0.472 e. The Labute approximate surface area is 388 Å². The molecule has 0 radical (unpaired) electrons. The molecule has 65 heavy (non-hydrogen) atoms. The molecular weight excluding hydrogens is 882 g/mol. The zero-order valence-corrected chi connectivity index (χ0v) is 40.7. The Kier molecular flexibility index (Phi) is 35.2. The average molecular weight is 965 g/mol. The first-order valence-electron chi connectivity index (χ1n) is 23.8. The van der Waals surface area contributed by atoms with E-state index in [4.69, 9.17) is 18.5 Å². The van der Waals surface area contributed by atoms with Crippen molar-refractivity contribution in [2.45, 2.75) is 211 Å². The summed E-state index contributed by atoms with van der Waals surface area (Å²) in [5, 5.41) is 41.2. The van der Waals surface area contributed by atoms with Crippen LogP contribution in [0.3, 0.4) is 0 Å². The lowest BCUT2D eigenvalue weighted by Gasteiger charge is -2.43. The lowest BCUT2D eigenvalue weighted by Crippen LogP contribution is -2.64. The zero-order chi connectivity index (χ0) is 48.2. The zero-order valence-electron chi connectivity index (χ0n) is 38.9. The standard InChI is InChI=1S/C47H82O16P2/c1-3-5-7-9-11-13-15-17-19-20-22-23-25-27-29-31-33-35-40(48)59-37-39(61-41(49)36-34-32-30-28-26-24-21-18-16-14-12-10-8-6-4-2)38-60-65(57,58)63-47-44(52)42(50)43(51)46(45(47)53)62-64(54,55)56/h11-14,17-19,21-23,39,42-47,50-53H,3-10,15-16,20,24-38H2,1-2H3,(H,57,58)(H2,54,55,56)/b13-11-,14-12-,19-17-,21-18-,23-22-/t39-,42?,43?,44?,45?,46-,47+/m1/s1. The Morgan fingerprint density at radius 3 is 1.35 bits per heavy atom. The Hall–Kier alpha value is -2.30. The van der Waals surface area contributed by atoms with Crippen LogP contribution in [0.4, 0.5) is 0 Å². The van der Waals surface area contributed by atoms with Crippen LogP contribution in [-0.2, 0) is 41.8 Å².